The third-order valence-corrected chi connectivity index (χ3v) is 3.58. The summed E-state index contributed by atoms with van der Waals surface area (Å²) in [7, 11) is -3.81. The maximum absolute atomic E-state index is 12.0. The van der Waals surface area contributed by atoms with Crippen LogP contribution in [0.5, 0.6) is 0 Å². The number of carbonyl (C=O) groups excluding carboxylic acids is 1. The number of rotatable bonds is 5. The third kappa shape index (κ3) is 3.88. The number of amides is 1. The Morgan fingerprint density at radius 1 is 1.38 bits per heavy atom. The van der Waals surface area contributed by atoms with E-state index < -0.39 is 15.9 Å². The number of anilines is 1. The van der Waals surface area contributed by atoms with Crippen molar-refractivity contribution in [1.29, 1.82) is 0 Å². The van der Waals surface area contributed by atoms with E-state index in [4.69, 9.17) is 10.9 Å². The van der Waals surface area contributed by atoms with Crippen molar-refractivity contribution in [1.82, 2.24) is 9.55 Å². The van der Waals surface area contributed by atoms with Crippen LogP contribution in [0.2, 0.25) is 0 Å². The number of nitrogens with one attached hydrogen (secondary N) is 1. The molecule has 21 heavy (non-hydrogen) atoms. The third-order valence-electron chi connectivity index (χ3n) is 2.67. The Bertz CT molecular complexity index is 754. The van der Waals surface area contributed by atoms with Gasteiger partial charge in [-0.1, -0.05) is 6.07 Å². The minimum Gasteiger partial charge on any atom is -0.335 e. The summed E-state index contributed by atoms with van der Waals surface area (Å²) in [6, 6.07) is 5.68. The Balaban J connectivity index is 2.15. The van der Waals surface area contributed by atoms with Crippen molar-refractivity contribution in [3.05, 3.63) is 42.5 Å². The molecule has 0 aliphatic heterocycles. The van der Waals surface area contributed by atoms with E-state index in [0.717, 1.165) is 0 Å². The second kappa shape index (κ2) is 6.04. The molecule has 0 aliphatic carbocycles. The van der Waals surface area contributed by atoms with Crippen LogP contribution >= 0.6 is 0 Å². The molecule has 0 atom stereocenters. The molecular weight excluding hydrogens is 294 g/mol. The molecule has 2 aromatic rings. The fraction of sp³-hybridized carbons (Fsp3) is 0.167. The molecule has 9 heteroatoms. The number of benzene rings is 1. The maximum atomic E-state index is 12.0. The molecule has 0 radical (unpaired) electrons. The summed E-state index contributed by atoms with van der Waals surface area (Å²) in [4.78, 5) is 15.9. The van der Waals surface area contributed by atoms with Crippen molar-refractivity contribution >= 4 is 21.6 Å². The van der Waals surface area contributed by atoms with Crippen LogP contribution in [0.25, 0.3) is 0 Å². The van der Waals surface area contributed by atoms with Crippen LogP contribution in [0.15, 0.2) is 41.7 Å². The van der Waals surface area contributed by atoms with Gasteiger partial charge in [-0.05, 0) is 18.2 Å². The van der Waals surface area contributed by atoms with E-state index in [-0.39, 0.29) is 10.6 Å². The lowest BCUT2D eigenvalue weighted by Crippen LogP contribution is -2.15. The molecular formula is C12H15N5O3S. The van der Waals surface area contributed by atoms with E-state index in [1.807, 2.05) is 0 Å². The zero-order valence-electron chi connectivity index (χ0n) is 11.1. The smallest absolute Gasteiger partial charge is 0.275 e. The molecule has 0 bridgehead atoms. The van der Waals surface area contributed by atoms with Gasteiger partial charge in [0.05, 0.1) is 11.2 Å². The second-order valence-electron chi connectivity index (χ2n) is 4.31. The van der Waals surface area contributed by atoms with E-state index in [2.05, 4.69) is 10.3 Å². The number of nitrogens with zero attached hydrogens (tertiary/aromatic N) is 2. The van der Waals surface area contributed by atoms with E-state index in [0.29, 0.717) is 18.8 Å². The number of hydrogen-bond acceptors (Lipinski definition) is 5. The first kappa shape index (κ1) is 15.2. The monoisotopic (exact) mass is 309 g/mol. The highest BCUT2D eigenvalue weighted by molar-refractivity contribution is 7.89. The van der Waals surface area contributed by atoms with E-state index in [1.165, 1.54) is 24.5 Å². The number of imidazole rings is 1. The highest BCUT2D eigenvalue weighted by Gasteiger charge is 2.12. The Kier molecular flexibility index (Phi) is 4.36. The van der Waals surface area contributed by atoms with Gasteiger partial charge in [0.15, 0.2) is 0 Å². The predicted molar refractivity (Wildman–Crippen MR) is 77.0 cm³/mol. The van der Waals surface area contributed by atoms with Crippen molar-refractivity contribution in [3.8, 4) is 0 Å². The van der Waals surface area contributed by atoms with Crippen LogP contribution in [-0.2, 0) is 16.6 Å². The summed E-state index contributed by atoms with van der Waals surface area (Å²) >= 11 is 0. The largest absolute Gasteiger partial charge is 0.335 e. The Labute approximate surface area is 121 Å². The van der Waals surface area contributed by atoms with E-state index in [1.54, 1.807) is 16.8 Å². The summed E-state index contributed by atoms with van der Waals surface area (Å²) in [6.07, 6.45) is 3.06. The van der Waals surface area contributed by atoms with Gasteiger partial charge in [-0.2, -0.15) is 0 Å². The lowest BCUT2D eigenvalue weighted by Gasteiger charge is -2.05. The van der Waals surface area contributed by atoms with Crippen LogP contribution < -0.4 is 16.2 Å². The van der Waals surface area contributed by atoms with Crippen molar-refractivity contribution in [2.24, 2.45) is 10.9 Å². The fourth-order valence-corrected chi connectivity index (χ4v) is 2.25. The van der Waals surface area contributed by atoms with Gasteiger partial charge in [-0.3, -0.25) is 4.79 Å². The minimum absolute atomic E-state index is 0.0750. The topological polar surface area (TPSA) is 133 Å². The Morgan fingerprint density at radius 2 is 2.14 bits per heavy atom. The van der Waals surface area contributed by atoms with Gasteiger partial charge in [0, 0.05) is 25.0 Å². The Hall–Kier alpha value is -2.23. The molecule has 0 saturated heterocycles. The van der Waals surface area contributed by atoms with Crippen LogP contribution in [0.3, 0.4) is 0 Å². The summed E-state index contributed by atoms with van der Waals surface area (Å²) in [5.41, 5.74) is 5.94. The first-order valence-corrected chi connectivity index (χ1v) is 7.61. The first-order valence-electron chi connectivity index (χ1n) is 6.06. The SMILES string of the molecule is NCCn1cnc(C(=O)Nc2cccc(S(N)(=O)=O)c2)c1. The molecule has 2 rings (SSSR count). The fourth-order valence-electron chi connectivity index (χ4n) is 1.69. The summed E-state index contributed by atoms with van der Waals surface area (Å²) in [5, 5.41) is 7.60. The molecule has 5 N–H and O–H groups in total. The Morgan fingerprint density at radius 3 is 2.81 bits per heavy atom. The summed E-state index contributed by atoms with van der Waals surface area (Å²) in [6.45, 7) is 0.995. The van der Waals surface area contributed by atoms with Crippen LogP contribution in [-0.4, -0.2) is 30.4 Å². The number of primary sulfonamides is 1. The molecule has 1 aromatic heterocycles. The number of aromatic nitrogens is 2. The van der Waals surface area contributed by atoms with Gasteiger partial charge in [0.25, 0.3) is 5.91 Å². The molecule has 1 aromatic carbocycles. The highest BCUT2D eigenvalue weighted by atomic mass is 32.2. The van der Waals surface area contributed by atoms with E-state index >= 15 is 0 Å². The van der Waals surface area contributed by atoms with E-state index in [9.17, 15) is 13.2 Å². The molecule has 1 amide bonds. The van der Waals surface area contributed by atoms with Crippen LogP contribution in [0.4, 0.5) is 5.69 Å². The maximum Gasteiger partial charge on any atom is 0.275 e. The van der Waals surface area contributed by atoms with Gasteiger partial charge >= 0.3 is 0 Å². The molecule has 0 fully saturated rings. The number of hydrogen-bond donors (Lipinski definition) is 3. The van der Waals surface area contributed by atoms with Crippen molar-refractivity contribution < 1.29 is 13.2 Å². The van der Waals surface area contributed by atoms with Crippen LogP contribution in [0.1, 0.15) is 10.5 Å². The number of nitrogens with two attached hydrogens (primary N) is 2. The van der Waals surface area contributed by atoms with Crippen LogP contribution in [0, 0.1) is 0 Å². The number of sulfonamides is 1. The van der Waals surface area contributed by atoms with Gasteiger partial charge in [-0.15, -0.1) is 0 Å². The molecule has 0 saturated carbocycles. The first-order chi connectivity index (χ1) is 9.90. The molecule has 0 spiro atoms. The predicted octanol–water partition coefficient (Wildman–Crippen LogP) is -0.258. The zero-order valence-corrected chi connectivity index (χ0v) is 11.9. The van der Waals surface area contributed by atoms with Crippen molar-refractivity contribution in [2.75, 3.05) is 11.9 Å². The lowest BCUT2D eigenvalue weighted by molar-refractivity contribution is 0.102. The van der Waals surface area contributed by atoms with Crippen molar-refractivity contribution in [3.63, 3.8) is 0 Å². The van der Waals surface area contributed by atoms with Crippen molar-refractivity contribution in [2.45, 2.75) is 11.4 Å². The molecule has 1 heterocycles. The van der Waals surface area contributed by atoms with Gasteiger partial charge in [0.1, 0.15) is 5.69 Å². The average molecular weight is 309 g/mol. The van der Waals surface area contributed by atoms with Gasteiger partial charge in [0.2, 0.25) is 10.0 Å². The second-order valence-corrected chi connectivity index (χ2v) is 5.87. The summed E-state index contributed by atoms with van der Waals surface area (Å²) in [5.74, 6) is -0.447. The summed E-state index contributed by atoms with van der Waals surface area (Å²) < 4.78 is 24.2. The molecule has 112 valence electrons. The van der Waals surface area contributed by atoms with Gasteiger partial charge < -0.3 is 15.6 Å². The highest BCUT2D eigenvalue weighted by Crippen LogP contribution is 2.14. The lowest BCUT2D eigenvalue weighted by atomic mass is 10.3. The van der Waals surface area contributed by atoms with Gasteiger partial charge in [-0.25, -0.2) is 18.5 Å². The molecule has 8 nitrogen and oxygen atoms in total. The molecule has 0 unspecified atom stereocenters. The normalized spacial score (nSPS) is 11.3. The standard InChI is InChI=1S/C12H15N5O3S/c13-4-5-17-7-11(15-8-17)12(18)16-9-2-1-3-10(6-9)21(14,19)20/h1-3,6-8H,4-5,13H2,(H,16,18)(H2,14,19,20). The zero-order chi connectivity index (χ0) is 15.5. The minimum atomic E-state index is -3.81. The molecule has 0 aliphatic rings. The quantitative estimate of drug-likeness (QED) is 0.700. The average Bonchev–Trinajstić information content (AvgIpc) is 2.87. The number of carbonyl (C=O) groups is 1.